The molecule has 282 valence electrons. The van der Waals surface area contributed by atoms with Gasteiger partial charge in [0.1, 0.15) is 30.7 Å². The number of aromatic nitrogens is 1. The summed E-state index contributed by atoms with van der Waals surface area (Å²) >= 11 is 0. The Morgan fingerprint density at radius 1 is 0.942 bits per heavy atom. The van der Waals surface area contributed by atoms with Crippen molar-refractivity contribution >= 4 is 26.8 Å². The van der Waals surface area contributed by atoms with Crippen molar-refractivity contribution in [3.63, 3.8) is 0 Å². The summed E-state index contributed by atoms with van der Waals surface area (Å²) in [6.07, 6.45) is 4.86. The van der Waals surface area contributed by atoms with E-state index in [4.69, 9.17) is 42.1 Å². The Morgan fingerprint density at radius 2 is 1.73 bits per heavy atom. The first-order valence-corrected chi connectivity index (χ1v) is 19.5. The van der Waals surface area contributed by atoms with E-state index in [0.29, 0.717) is 6.42 Å². The molecule has 0 amide bonds. The van der Waals surface area contributed by atoms with Crippen LogP contribution in [0.3, 0.4) is 0 Å². The van der Waals surface area contributed by atoms with Gasteiger partial charge in [0, 0.05) is 25.6 Å². The molecule has 3 aromatic rings. The normalized spacial score (nSPS) is 26.4. The largest absolute Gasteiger partial charge is 0.495 e. The lowest BCUT2D eigenvalue weighted by Gasteiger charge is -2.40. The summed E-state index contributed by atoms with van der Waals surface area (Å²) in [5.41, 5.74) is 4.54. The highest BCUT2D eigenvalue weighted by Crippen LogP contribution is 2.48. The number of ether oxygens (including phenoxy) is 8. The first-order valence-electron chi connectivity index (χ1n) is 18.1. The van der Waals surface area contributed by atoms with Gasteiger partial charge in [-0.2, -0.15) is 17.7 Å². The maximum atomic E-state index is 12.8. The molecule has 52 heavy (non-hydrogen) atoms. The molecule has 4 atom stereocenters. The van der Waals surface area contributed by atoms with Gasteiger partial charge in [-0.05, 0) is 69.7 Å². The van der Waals surface area contributed by atoms with Crippen LogP contribution in [0.15, 0.2) is 36.5 Å². The van der Waals surface area contributed by atoms with Crippen molar-refractivity contribution < 1.29 is 55.1 Å². The lowest BCUT2D eigenvalue weighted by molar-refractivity contribution is -0.686. The maximum absolute atomic E-state index is 12.8. The van der Waals surface area contributed by atoms with Crippen molar-refractivity contribution in [2.24, 2.45) is 0 Å². The maximum Gasteiger partial charge on any atom is 0.336 e. The molecule has 5 aliphatic heterocycles. The number of nitrogens with zero attached hydrogens (tertiary/aromatic N) is 1. The molecule has 0 unspecified atom stereocenters. The van der Waals surface area contributed by atoms with E-state index in [2.05, 4.69) is 45.1 Å². The van der Waals surface area contributed by atoms with Gasteiger partial charge in [-0.25, -0.2) is 0 Å². The van der Waals surface area contributed by atoms with E-state index in [0.717, 1.165) is 78.2 Å². The zero-order valence-electron chi connectivity index (χ0n) is 30.3. The van der Waals surface area contributed by atoms with Gasteiger partial charge in [0.25, 0.3) is 0 Å². The zero-order valence-corrected chi connectivity index (χ0v) is 31.1. The van der Waals surface area contributed by atoms with Gasteiger partial charge in [-0.15, -0.1) is 0 Å². The second-order valence-corrected chi connectivity index (χ2v) is 16.3. The molecule has 8 rings (SSSR count). The highest BCUT2D eigenvalue weighted by Gasteiger charge is 2.65. The minimum atomic E-state index is -4.07. The van der Waals surface area contributed by atoms with Crippen molar-refractivity contribution in [2.75, 3.05) is 45.5 Å². The van der Waals surface area contributed by atoms with E-state index in [1.807, 2.05) is 19.9 Å². The molecular formula is C37H48N3O11S+. The Kier molecular flexibility index (Phi) is 9.30. The van der Waals surface area contributed by atoms with E-state index in [1.54, 1.807) is 21.0 Å². The highest BCUT2D eigenvalue weighted by atomic mass is 32.2. The van der Waals surface area contributed by atoms with Crippen LogP contribution >= 0.6 is 0 Å². The molecule has 0 saturated carbocycles. The molecular weight excluding hydrogens is 694 g/mol. The molecule has 0 spiro atoms. The van der Waals surface area contributed by atoms with Crippen LogP contribution < -0.4 is 28.8 Å². The Morgan fingerprint density at radius 3 is 2.54 bits per heavy atom. The van der Waals surface area contributed by atoms with E-state index >= 15 is 0 Å². The summed E-state index contributed by atoms with van der Waals surface area (Å²) in [4.78, 5) is 0. The van der Waals surface area contributed by atoms with Gasteiger partial charge in [0.05, 0.1) is 30.4 Å². The fourth-order valence-electron chi connectivity index (χ4n) is 7.94. The first kappa shape index (κ1) is 35.7. The number of fused-ring (bicyclic) bond motifs is 8. The number of aryl methyl sites for hydroxylation is 2. The number of anilines is 1. The van der Waals surface area contributed by atoms with Crippen molar-refractivity contribution in [3.05, 3.63) is 42.1 Å². The Balaban J connectivity index is 0.818. The van der Waals surface area contributed by atoms with Crippen molar-refractivity contribution in [3.8, 4) is 28.5 Å². The Labute approximate surface area is 304 Å². The van der Waals surface area contributed by atoms with E-state index < -0.39 is 39.9 Å². The SMILES string of the molecule is COc1ccc2cc3[n+](cc2c1NCCCCCCNS(=O)(=O)OC[C@@]12OC[C@H]4OC(C)(C)O[C@H]4[C@@H]1OC(C)(C)O2)CCc1cc2c(cc1-3)OCO2. The highest BCUT2D eigenvalue weighted by molar-refractivity contribution is 7.84. The summed E-state index contributed by atoms with van der Waals surface area (Å²) < 4.78 is 83.2. The number of rotatable bonds is 13. The van der Waals surface area contributed by atoms with Crippen LogP contribution in [-0.4, -0.2) is 84.3 Å². The summed E-state index contributed by atoms with van der Waals surface area (Å²) in [5, 5.41) is 5.82. The minimum absolute atomic E-state index is 0.160. The third kappa shape index (κ3) is 6.93. The Hall–Kier alpha value is -3.28. The second-order valence-electron chi connectivity index (χ2n) is 14.9. The fraction of sp³-hybridized carbons (Fsp3) is 0.595. The van der Waals surface area contributed by atoms with Gasteiger partial charge < -0.3 is 43.2 Å². The van der Waals surface area contributed by atoms with E-state index in [-0.39, 0.29) is 32.7 Å². The van der Waals surface area contributed by atoms with Gasteiger partial charge in [-0.1, -0.05) is 18.9 Å². The van der Waals surface area contributed by atoms with Crippen LogP contribution in [0.25, 0.3) is 22.0 Å². The molecule has 5 aliphatic rings. The standard InChI is InChI=1S/C37H47N3O11S/c1-35(2)48-31-20-46-37(34(33(31)49-35)50-36(3,4)51-37)21-47-52(41,42)39-14-9-7-6-8-13-38-32-26-19-40-15-12-24-17-29-30(45-22-44-29)18-25(24)27(40)16-23(26)10-11-28(32)43-5/h10-11,16-19,31,33-34,39H,6-9,12-15,20-22H2,1-5H3/p+1/t31-,33-,34+,37+/m1/s1. The fourth-order valence-corrected chi connectivity index (χ4v) is 8.74. The van der Waals surface area contributed by atoms with E-state index in [9.17, 15) is 8.42 Å². The van der Waals surface area contributed by atoms with Crippen molar-refractivity contribution in [2.45, 2.75) is 102 Å². The molecule has 6 heterocycles. The molecule has 2 N–H and O–H groups in total. The number of pyridine rings is 1. The Bertz CT molecular complexity index is 1950. The second kappa shape index (κ2) is 13.5. The summed E-state index contributed by atoms with van der Waals surface area (Å²) in [7, 11) is -2.39. The van der Waals surface area contributed by atoms with Crippen LogP contribution in [0.2, 0.25) is 0 Å². The van der Waals surface area contributed by atoms with E-state index in [1.165, 1.54) is 11.1 Å². The number of nitrogens with one attached hydrogen (secondary N) is 2. The predicted octanol–water partition coefficient (Wildman–Crippen LogP) is 4.31. The van der Waals surface area contributed by atoms with Crippen LogP contribution in [0.5, 0.6) is 17.2 Å². The average Bonchev–Trinajstić information content (AvgIpc) is 3.78. The summed E-state index contributed by atoms with van der Waals surface area (Å²) in [6.45, 7) is 9.02. The van der Waals surface area contributed by atoms with Gasteiger partial charge >= 0.3 is 10.3 Å². The van der Waals surface area contributed by atoms with Crippen LogP contribution in [0.4, 0.5) is 5.69 Å². The minimum Gasteiger partial charge on any atom is -0.495 e. The third-order valence-electron chi connectivity index (χ3n) is 10.2. The molecule has 1 aromatic heterocycles. The number of hydrogen-bond donors (Lipinski definition) is 2. The quantitative estimate of drug-likeness (QED) is 0.190. The van der Waals surface area contributed by atoms with Gasteiger partial charge in [0.2, 0.25) is 18.3 Å². The molecule has 3 fully saturated rings. The number of hydrogen-bond acceptors (Lipinski definition) is 12. The summed E-state index contributed by atoms with van der Waals surface area (Å²) in [6, 6.07) is 10.5. The van der Waals surface area contributed by atoms with Crippen LogP contribution in [-0.2, 0) is 51.1 Å². The van der Waals surface area contributed by atoms with Crippen LogP contribution in [0, 0.1) is 0 Å². The third-order valence-corrected chi connectivity index (χ3v) is 11.2. The lowest BCUT2D eigenvalue weighted by atomic mass is 9.95. The molecule has 2 aromatic carbocycles. The monoisotopic (exact) mass is 742 g/mol. The lowest BCUT2D eigenvalue weighted by Crippen LogP contribution is -2.60. The zero-order chi connectivity index (χ0) is 36.3. The number of unbranched alkanes of at least 4 members (excludes halogenated alkanes) is 3. The smallest absolute Gasteiger partial charge is 0.336 e. The molecule has 14 nitrogen and oxygen atoms in total. The topological polar surface area (TPSA) is 145 Å². The van der Waals surface area contributed by atoms with Gasteiger partial charge in [-0.3, -0.25) is 4.18 Å². The predicted molar refractivity (Wildman–Crippen MR) is 188 cm³/mol. The molecule has 0 bridgehead atoms. The molecule has 3 saturated heterocycles. The number of benzene rings is 2. The average molecular weight is 743 g/mol. The molecule has 0 radical (unpaired) electrons. The van der Waals surface area contributed by atoms with Crippen LogP contribution in [0.1, 0.15) is 58.9 Å². The first-order chi connectivity index (χ1) is 24.8. The van der Waals surface area contributed by atoms with Gasteiger partial charge in [0.15, 0.2) is 35.8 Å². The van der Waals surface area contributed by atoms with Crippen molar-refractivity contribution in [1.82, 2.24) is 4.72 Å². The molecule has 0 aliphatic carbocycles. The molecule has 15 heteroatoms. The van der Waals surface area contributed by atoms with Crippen molar-refractivity contribution in [1.29, 1.82) is 0 Å². The number of methoxy groups -OCH3 is 1. The summed E-state index contributed by atoms with van der Waals surface area (Å²) in [5.74, 6) is -0.902.